The van der Waals surface area contributed by atoms with Crippen LogP contribution in [0.25, 0.3) is 10.9 Å². The zero-order valence-corrected chi connectivity index (χ0v) is 11.6. The Labute approximate surface area is 118 Å². The molecule has 2 aromatic heterocycles. The molecule has 4 heteroatoms. The largest absolute Gasteiger partial charge is 0.356 e. The number of nitrogens with one attached hydrogen (secondary N) is 1. The number of nitrogens with zero attached hydrogens (tertiary/aromatic N) is 3. The smallest absolute Gasteiger partial charge is 0.203 e. The second-order valence-corrected chi connectivity index (χ2v) is 4.80. The Morgan fingerprint density at radius 3 is 2.90 bits per heavy atom. The number of anilines is 1. The first-order chi connectivity index (χ1) is 9.88. The van der Waals surface area contributed by atoms with Crippen LogP contribution < -0.4 is 5.32 Å². The fourth-order valence-electron chi connectivity index (χ4n) is 2.32. The van der Waals surface area contributed by atoms with Gasteiger partial charge in [-0.3, -0.25) is 4.98 Å². The van der Waals surface area contributed by atoms with Crippen LogP contribution in [-0.2, 0) is 6.54 Å². The predicted octanol–water partition coefficient (Wildman–Crippen LogP) is 3.30. The molecule has 0 aliphatic carbocycles. The van der Waals surface area contributed by atoms with Crippen LogP contribution in [0.15, 0.2) is 48.9 Å². The molecule has 1 aromatic carbocycles. The zero-order valence-electron chi connectivity index (χ0n) is 11.6. The average Bonchev–Trinajstić information content (AvgIpc) is 2.93. The molecule has 0 atom stereocenters. The molecule has 1 N–H and O–H groups in total. The first kappa shape index (κ1) is 12.7. The van der Waals surface area contributed by atoms with Crippen LogP contribution in [0.4, 0.5) is 5.95 Å². The van der Waals surface area contributed by atoms with Gasteiger partial charge in [-0.05, 0) is 18.1 Å². The molecule has 0 aliphatic rings. The molecule has 0 aliphatic heterocycles. The minimum Gasteiger partial charge on any atom is -0.356 e. The summed E-state index contributed by atoms with van der Waals surface area (Å²) in [5.74, 6) is 0.916. The van der Waals surface area contributed by atoms with Crippen LogP contribution in [0.3, 0.4) is 0 Å². The van der Waals surface area contributed by atoms with Crippen LogP contribution in [-0.4, -0.2) is 21.1 Å². The van der Waals surface area contributed by atoms with Crippen LogP contribution >= 0.6 is 0 Å². The van der Waals surface area contributed by atoms with Gasteiger partial charge in [0.25, 0.3) is 0 Å². The maximum Gasteiger partial charge on any atom is 0.203 e. The zero-order chi connectivity index (χ0) is 13.8. The lowest BCUT2D eigenvalue weighted by Gasteiger charge is -2.10. The highest BCUT2D eigenvalue weighted by atomic mass is 15.2. The summed E-state index contributed by atoms with van der Waals surface area (Å²) in [5.41, 5.74) is 2.27. The Morgan fingerprint density at radius 1 is 1.10 bits per heavy atom. The number of hydrogen-bond donors (Lipinski definition) is 1. The van der Waals surface area contributed by atoms with Crippen molar-refractivity contribution in [3.05, 3.63) is 54.5 Å². The number of fused-ring (bicyclic) bond motifs is 1. The third kappa shape index (κ3) is 2.50. The van der Waals surface area contributed by atoms with E-state index in [-0.39, 0.29) is 0 Å². The van der Waals surface area contributed by atoms with E-state index >= 15 is 0 Å². The van der Waals surface area contributed by atoms with E-state index in [9.17, 15) is 0 Å². The highest BCUT2D eigenvalue weighted by molar-refractivity contribution is 5.81. The molecule has 0 saturated heterocycles. The fourth-order valence-corrected chi connectivity index (χ4v) is 2.32. The van der Waals surface area contributed by atoms with Crippen LogP contribution in [0.5, 0.6) is 0 Å². The molecule has 0 amide bonds. The molecule has 0 saturated carbocycles. The Bertz CT molecular complexity index is 697. The minimum absolute atomic E-state index is 0.778. The van der Waals surface area contributed by atoms with E-state index < -0.39 is 0 Å². The monoisotopic (exact) mass is 266 g/mol. The van der Waals surface area contributed by atoms with Gasteiger partial charge in [0.2, 0.25) is 5.95 Å². The number of hydrogen-bond acceptors (Lipinski definition) is 3. The summed E-state index contributed by atoms with van der Waals surface area (Å²) in [5, 5.41) is 4.52. The van der Waals surface area contributed by atoms with Crippen molar-refractivity contribution >= 4 is 16.9 Å². The van der Waals surface area contributed by atoms with Crippen LogP contribution in [0.2, 0.25) is 0 Å². The molecule has 4 nitrogen and oxygen atoms in total. The van der Waals surface area contributed by atoms with Crippen molar-refractivity contribution in [3.8, 4) is 0 Å². The Kier molecular flexibility index (Phi) is 3.63. The summed E-state index contributed by atoms with van der Waals surface area (Å²) in [6.45, 7) is 3.86. The topological polar surface area (TPSA) is 42.7 Å². The molecule has 20 heavy (non-hydrogen) atoms. The summed E-state index contributed by atoms with van der Waals surface area (Å²) >= 11 is 0. The maximum atomic E-state index is 4.50. The van der Waals surface area contributed by atoms with Gasteiger partial charge >= 0.3 is 0 Å². The number of para-hydroxylation sites is 1. The second kappa shape index (κ2) is 5.74. The summed E-state index contributed by atoms with van der Waals surface area (Å²) in [7, 11) is 0. The number of aromatic nitrogens is 3. The minimum atomic E-state index is 0.778. The second-order valence-electron chi connectivity index (χ2n) is 4.80. The Balaban J connectivity index is 1.92. The standard InChI is InChI=1S/C16H18N4/c1-2-8-18-16-19-10-11-20(16)12-14-6-3-5-13-7-4-9-17-15(13)14/h3-7,9-11H,2,8,12H2,1H3,(H,18,19). The first-order valence-corrected chi connectivity index (χ1v) is 6.96. The van der Waals surface area contributed by atoms with Gasteiger partial charge in [0.15, 0.2) is 0 Å². The van der Waals surface area contributed by atoms with Gasteiger partial charge in [-0.25, -0.2) is 4.98 Å². The van der Waals surface area contributed by atoms with Crippen LogP contribution in [0.1, 0.15) is 18.9 Å². The number of benzene rings is 1. The molecule has 3 aromatic rings. The van der Waals surface area contributed by atoms with Gasteiger partial charge in [0, 0.05) is 30.5 Å². The summed E-state index contributed by atoms with van der Waals surface area (Å²) < 4.78 is 2.12. The van der Waals surface area contributed by atoms with E-state index in [1.54, 1.807) is 0 Å². The first-order valence-electron chi connectivity index (χ1n) is 6.96. The third-order valence-corrected chi connectivity index (χ3v) is 3.31. The van der Waals surface area contributed by atoms with Crippen molar-refractivity contribution in [2.45, 2.75) is 19.9 Å². The maximum absolute atomic E-state index is 4.50. The van der Waals surface area contributed by atoms with Gasteiger partial charge in [-0.15, -0.1) is 0 Å². The molecule has 0 spiro atoms. The Hall–Kier alpha value is -2.36. The van der Waals surface area contributed by atoms with E-state index in [0.29, 0.717) is 0 Å². The van der Waals surface area contributed by atoms with Gasteiger partial charge in [0.1, 0.15) is 0 Å². The van der Waals surface area contributed by atoms with E-state index in [4.69, 9.17) is 0 Å². The molecule has 0 unspecified atom stereocenters. The molecule has 102 valence electrons. The predicted molar refractivity (Wildman–Crippen MR) is 81.9 cm³/mol. The normalized spacial score (nSPS) is 10.8. The highest BCUT2D eigenvalue weighted by Gasteiger charge is 2.06. The van der Waals surface area contributed by atoms with E-state index in [2.05, 4.69) is 51.0 Å². The van der Waals surface area contributed by atoms with Gasteiger partial charge < -0.3 is 9.88 Å². The molecular formula is C16H18N4. The van der Waals surface area contributed by atoms with Gasteiger partial charge in [-0.1, -0.05) is 31.2 Å². The highest BCUT2D eigenvalue weighted by Crippen LogP contribution is 2.18. The van der Waals surface area contributed by atoms with Gasteiger partial charge in [-0.2, -0.15) is 0 Å². The average molecular weight is 266 g/mol. The molecule has 0 fully saturated rings. The van der Waals surface area contributed by atoms with Crippen molar-refractivity contribution in [1.82, 2.24) is 14.5 Å². The lowest BCUT2D eigenvalue weighted by Crippen LogP contribution is -2.09. The SMILES string of the molecule is CCCNc1nccn1Cc1cccc2cccnc12. The number of pyridine rings is 1. The van der Waals surface area contributed by atoms with E-state index in [0.717, 1.165) is 31.0 Å². The third-order valence-electron chi connectivity index (χ3n) is 3.31. The fraction of sp³-hybridized carbons (Fsp3) is 0.250. The lowest BCUT2D eigenvalue weighted by atomic mass is 10.1. The van der Waals surface area contributed by atoms with Crippen molar-refractivity contribution in [3.63, 3.8) is 0 Å². The number of rotatable bonds is 5. The van der Waals surface area contributed by atoms with Crippen molar-refractivity contribution in [1.29, 1.82) is 0 Å². The van der Waals surface area contributed by atoms with Crippen molar-refractivity contribution in [2.75, 3.05) is 11.9 Å². The quantitative estimate of drug-likeness (QED) is 0.770. The van der Waals surface area contributed by atoms with E-state index in [1.807, 2.05) is 24.7 Å². The molecule has 3 rings (SSSR count). The number of imidazole rings is 1. The molecule has 0 bridgehead atoms. The van der Waals surface area contributed by atoms with Crippen molar-refractivity contribution in [2.24, 2.45) is 0 Å². The summed E-state index contributed by atoms with van der Waals surface area (Å²) in [6.07, 6.45) is 6.76. The molecule has 0 radical (unpaired) electrons. The lowest BCUT2D eigenvalue weighted by molar-refractivity contribution is 0.796. The van der Waals surface area contributed by atoms with E-state index in [1.165, 1.54) is 10.9 Å². The summed E-state index contributed by atoms with van der Waals surface area (Å²) in [4.78, 5) is 8.86. The van der Waals surface area contributed by atoms with Crippen LogP contribution in [0, 0.1) is 0 Å². The van der Waals surface area contributed by atoms with Crippen molar-refractivity contribution < 1.29 is 0 Å². The van der Waals surface area contributed by atoms with Gasteiger partial charge in [0.05, 0.1) is 12.1 Å². The Morgan fingerprint density at radius 2 is 2.00 bits per heavy atom. The molecular weight excluding hydrogens is 248 g/mol. The molecule has 2 heterocycles. The summed E-state index contributed by atoms with van der Waals surface area (Å²) in [6, 6.07) is 10.4.